The molecule has 3 N–H and O–H groups in total. The molecule has 1 aliphatic rings. The molecule has 0 amide bonds. The largest absolute Gasteiger partial charge is 0.445 e. The fourth-order valence-corrected chi connectivity index (χ4v) is 3.22. The van der Waals surface area contributed by atoms with Gasteiger partial charge in [-0.05, 0) is 18.2 Å². The van der Waals surface area contributed by atoms with E-state index in [0.29, 0.717) is 18.4 Å². The lowest BCUT2D eigenvalue weighted by Crippen LogP contribution is -2.52. The second kappa shape index (κ2) is 6.58. The second-order valence-corrected chi connectivity index (χ2v) is 6.67. The van der Waals surface area contributed by atoms with Crippen molar-refractivity contribution in [2.45, 2.75) is 12.6 Å². The summed E-state index contributed by atoms with van der Waals surface area (Å²) in [5.41, 5.74) is 7.40. The average Bonchev–Trinajstić information content (AvgIpc) is 2.94. The van der Waals surface area contributed by atoms with Gasteiger partial charge in [-0.2, -0.15) is 9.97 Å². The molecule has 3 heterocycles. The van der Waals surface area contributed by atoms with Crippen molar-refractivity contribution < 1.29 is 9.84 Å². The first-order chi connectivity index (χ1) is 12.2. The molecule has 4 rings (SSSR count). The average molecular weight is 405 g/mol. The maximum absolute atomic E-state index is 9.14. The van der Waals surface area contributed by atoms with Crippen LogP contribution in [-0.4, -0.2) is 55.4 Å². The molecule has 1 fully saturated rings. The van der Waals surface area contributed by atoms with Gasteiger partial charge in [0.2, 0.25) is 5.95 Å². The molecule has 0 bridgehead atoms. The van der Waals surface area contributed by atoms with Gasteiger partial charge in [-0.3, -0.25) is 4.90 Å². The summed E-state index contributed by atoms with van der Waals surface area (Å²) in [6.07, 6.45) is 2.39. The van der Waals surface area contributed by atoms with E-state index in [4.69, 9.17) is 15.6 Å². The van der Waals surface area contributed by atoms with Crippen LogP contribution in [0, 0.1) is 0 Å². The van der Waals surface area contributed by atoms with Crippen LogP contribution in [0.1, 0.15) is 6.42 Å². The topological polar surface area (TPSA) is 102 Å². The molecular weight excluding hydrogens is 388 g/mol. The summed E-state index contributed by atoms with van der Waals surface area (Å²) in [7, 11) is 0. The number of imidazole rings is 1. The van der Waals surface area contributed by atoms with Crippen LogP contribution in [0.25, 0.3) is 16.9 Å². The number of β-amino-alcohol motifs (C(OH)–C–C–N with tert-alkyl or cyclic N) is 1. The monoisotopic (exact) mass is 404 g/mol. The number of hydrogen-bond donors (Lipinski definition) is 2. The van der Waals surface area contributed by atoms with E-state index in [1.165, 1.54) is 0 Å². The van der Waals surface area contributed by atoms with Gasteiger partial charge in [0.1, 0.15) is 5.82 Å². The van der Waals surface area contributed by atoms with Gasteiger partial charge in [-0.25, -0.2) is 9.55 Å². The zero-order valence-corrected chi connectivity index (χ0v) is 14.9. The highest BCUT2D eigenvalue weighted by molar-refractivity contribution is 9.10. The van der Waals surface area contributed by atoms with Crippen LogP contribution in [0.15, 0.2) is 34.9 Å². The molecule has 1 atom stereocenters. The summed E-state index contributed by atoms with van der Waals surface area (Å²) < 4.78 is 8.87. The summed E-state index contributed by atoms with van der Waals surface area (Å²) in [5.74, 6) is 0.780. The van der Waals surface area contributed by atoms with Gasteiger partial charge in [-0.15, -0.1) is 0 Å². The third kappa shape index (κ3) is 3.06. The van der Waals surface area contributed by atoms with Crippen molar-refractivity contribution in [2.75, 3.05) is 25.4 Å². The number of aliphatic hydroxyl groups is 1. The molecule has 25 heavy (non-hydrogen) atoms. The molecule has 1 aromatic carbocycles. The van der Waals surface area contributed by atoms with Crippen molar-refractivity contribution in [1.29, 1.82) is 0 Å². The smallest absolute Gasteiger partial charge is 0.304 e. The minimum Gasteiger partial charge on any atom is -0.445 e. The van der Waals surface area contributed by atoms with Crippen molar-refractivity contribution in [2.24, 2.45) is 0 Å². The quantitative estimate of drug-likeness (QED) is 0.664. The number of nitrogens with two attached hydrogens (primary N) is 1. The van der Waals surface area contributed by atoms with Gasteiger partial charge in [-0.1, -0.05) is 15.9 Å². The number of ether oxygens (including phenoxy) is 1. The molecule has 0 saturated carbocycles. The normalized spacial score (nSPS) is 17.6. The van der Waals surface area contributed by atoms with Crippen LogP contribution in [0.5, 0.6) is 6.01 Å². The van der Waals surface area contributed by atoms with E-state index in [-0.39, 0.29) is 18.8 Å². The Morgan fingerprint density at radius 3 is 2.92 bits per heavy atom. The summed E-state index contributed by atoms with van der Waals surface area (Å²) >= 11 is 3.49. The lowest BCUT2D eigenvalue weighted by atomic mass is 10.2. The molecule has 2 aromatic heterocycles. The molecule has 3 aromatic rings. The summed E-state index contributed by atoms with van der Waals surface area (Å²) in [5, 5.41) is 9.14. The maximum Gasteiger partial charge on any atom is 0.304 e. The van der Waals surface area contributed by atoms with Crippen molar-refractivity contribution in [3.05, 3.63) is 34.9 Å². The summed E-state index contributed by atoms with van der Waals surface area (Å²) in [6, 6.07) is 8.01. The Balaban J connectivity index is 1.79. The van der Waals surface area contributed by atoms with Gasteiger partial charge >= 0.3 is 6.01 Å². The number of aromatic nitrogens is 4. The number of nitrogen functional groups attached to an aromatic ring is 1. The van der Waals surface area contributed by atoms with Crippen LogP contribution in [0.3, 0.4) is 0 Å². The van der Waals surface area contributed by atoms with E-state index in [1.54, 1.807) is 12.3 Å². The van der Waals surface area contributed by atoms with Gasteiger partial charge in [0.05, 0.1) is 17.6 Å². The number of anilines is 1. The third-order valence-corrected chi connectivity index (χ3v) is 4.67. The number of nitrogens with zero attached hydrogens (tertiary/aromatic N) is 5. The highest BCUT2D eigenvalue weighted by Gasteiger charge is 2.31. The Hall–Kier alpha value is -2.23. The van der Waals surface area contributed by atoms with E-state index >= 15 is 0 Å². The molecule has 0 spiro atoms. The van der Waals surface area contributed by atoms with Crippen molar-refractivity contribution in [3.8, 4) is 11.8 Å². The first kappa shape index (κ1) is 16.2. The SMILES string of the molecule is Nc1nccc(-n2c(OC3CCN3CCO)nc3ccc(Br)cc32)n1. The number of benzene rings is 1. The highest BCUT2D eigenvalue weighted by Crippen LogP contribution is 2.30. The van der Waals surface area contributed by atoms with Gasteiger partial charge in [0.25, 0.3) is 0 Å². The van der Waals surface area contributed by atoms with Crippen LogP contribution < -0.4 is 10.5 Å². The third-order valence-electron chi connectivity index (χ3n) is 4.17. The molecule has 1 aliphatic heterocycles. The van der Waals surface area contributed by atoms with Crippen LogP contribution in [0.2, 0.25) is 0 Å². The number of hydrogen-bond acceptors (Lipinski definition) is 7. The Labute approximate surface area is 152 Å². The Kier molecular flexibility index (Phi) is 4.28. The Morgan fingerprint density at radius 2 is 2.20 bits per heavy atom. The van der Waals surface area contributed by atoms with Gasteiger partial charge < -0.3 is 15.6 Å². The fourth-order valence-electron chi connectivity index (χ4n) is 2.87. The van der Waals surface area contributed by atoms with Crippen LogP contribution in [-0.2, 0) is 0 Å². The molecule has 130 valence electrons. The number of rotatable bonds is 5. The maximum atomic E-state index is 9.14. The number of halogens is 1. The van der Waals surface area contributed by atoms with Gasteiger partial charge in [0, 0.05) is 36.2 Å². The fraction of sp³-hybridized carbons (Fsp3) is 0.312. The number of fused-ring (bicyclic) bond motifs is 1. The molecule has 0 radical (unpaired) electrons. The lowest BCUT2D eigenvalue weighted by Gasteiger charge is -2.39. The van der Waals surface area contributed by atoms with Crippen LogP contribution >= 0.6 is 15.9 Å². The Bertz CT molecular complexity index is 915. The lowest BCUT2D eigenvalue weighted by molar-refractivity contribution is -0.0662. The zero-order valence-electron chi connectivity index (χ0n) is 13.3. The minimum absolute atomic E-state index is 0.103. The second-order valence-electron chi connectivity index (χ2n) is 5.76. The van der Waals surface area contributed by atoms with E-state index in [1.807, 2.05) is 22.8 Å². The van der Waals surface area contributed by atoms with Gasteiger partial charge in [0.15, 0.2) is 6.23 Å². The van der Waals surface area contributed by atoms with E-state index < -0.39 is 0 Å². The van der Waals surface area contributed by atoms with Crippen molar-refractivity contribution in [3.63, 3.8) is 0 Å². The zero-order chi connectivity index (χ0) is 17.4. The predicted octanol–water partition coefficient (Wildman–Crippen LogP) is 1.56. The number of aliphatic hydroxyl groups excluding tert-OH is 1. The molecule has 1 saturated heterocycles. The van der Waals surface area contributed by atoms with E-state index in [0.717, 1.165) is 28.5 Å². The molecule has 9 heteroatoms. The molecule has 8 nitrogen and oxygen atoms in total. The minimum atomic E-state index is -0.106. The van der Waals surface area contributed by atoms with Crippen molar-refractivity contribution >= 4 is 32.9 Å². The van der Waals surface area contributed by atoms with Crippen LogP contribution in [0.4, 0.5) is 5.95 Å². The Morgan fingerprint density at radius 1 is 1.32 bits per heavy atom. The molecule has 1 unspecified atom stereocenters. The summed E-state index contributed by atoms with van der Waals surface area (Å²) in [6.45, 7) is 1.58. The standard InChI is InChI=1S/C16H17BrN6O2/c17-10-1-2-11-12(9-10)23(13-3-5-19-15(18)21-13)16(20-11)25-14-4-6-22(14)7-8-24/h1-3,5,9,14,24H,4,6-8H2,(H2,18,19,21). The highest BCUT2D eigenvalue weighted by atomic mass is 79.9. The first-order valence-corrected chi connectivity index (χ1v) is 8.73. The van der Waals surface area contributed by atoms with E-state index in [2.05, 4.69) is 35.8 Å². The molecule has 0 aliphatic carbocycles. The first-order valence-electron chi connectivity index (χ1n) is 7.94. The number of likely N-dealkylation sites (tertiary alicyclic amines) is 1. The molecular formula is C16H17BrN6O2. The van der Waals surface area contributed by atoms with E-state index in [9.17, 15) is 0 Å². The predicted molar refractivity (Wildman–Crippen MR) is 96.5 cm³/mol. The summed E-state index contributed by atoms with van der Waals surface area (Å²) in [4.78, 5) is 14.9. The van der Waals surface area contributed by atoms with Crippen molar-refractivity contribution in [1.82, 2.24) is 24.4 Å².